The van der Waals surface area contributed by atoms with Crippen LogP contribution in [0.2, 0.25) is 78.6 Å². The van der Waals surface area contributed by atoms with E-state index in [0.29, 0.717) is 11.1 Å². The van der Waals surface area contributed by atoms with Crippen LogP contribution in [0.4, 0.5) is 51.7 Å². The van der Waals surface area contributed by atoms with E-state index >= 15 is 17.6 Å². The molecule has 0 aliphatic rings. The van der Waals surface area contributed by atoms with E-state index in [1.165, 1.54) is 22.5 Å². The summed E-state index contributed by atoms with van der Waals surface area (Å²) in [5.41, 5.74) is 6.04. The Morgan fingerprint density at radius 2 is 0.662 bits per heavy atom. The molecule has 74 heavy (non-hydrogen) atoms. The highest BCUT2D eigenvalue weighted by Gasteiger charge is 2.32. The van der Waals surface area contributed by atoms with Gasteiger partial charge in [0.15, 0.2) is 11.6 Å². The predicted molar refractivity (Wildman–Crippen MR) is 322 cm³/mol. The molecule has 0 aliphatic carbocycles. The van der Waals surface area contributed by atoms with Gasteiger partial charge in [0.2, 0.25) is 0 Å². The van der Waals surface area contributed by atoms with Crippen LogP contribution in [0.1, 0.15) is 0 Å². The van der Waals surface area contributed by atoms with Gasteiger partial charge in [-0.2, -0.15) is 0 Å². The van der Waals surface area contributed by atoms with E-state index in [4.69, 9.17) is 0 Å². The summed E-state index contributed by atoms with van der Waals surface area (Å²) in [6, 6.07) is 54.7. The normalized spacial score (nSPS) is 12.6. The third-order valence-electron chi connectivity index (χ3n) is 14.6. The second kappa shape index (κ2) is 18.7. The van der Waals surface area contributed by atoms with E-state index in [-0.39, 0.29) is 11.4 Å². The molecule has 0 unspecified atom stereocenters. The van der Waals surface area contributed by atoms with Gasteiger partial charge in [-0.15, -0.1) is 0 Å². The fraction of sp³-hybridized carbons (Fsp3) is 0.188. The zero-order chi connectivity index (χ0) is 52.8. The van der Waals surface area contributed by atoms with Crippen LogP contribution in [-0.4, -0.2) is 32.3 Å². The van der Waals surface area contributed by atoms with Crippen molar-refractivity contribution in [2.24, 2.45) is 0 Å². The Kier molecular flexibility index (Phi) is 12.8. The van der Waals surface area contributed by atoms with Crippen molar-refractivity contribution in [3.05, 3.63) is 193 Å². The number of benzene rings is 10. The summed E-state index contributed by atoms with van der Waals surface area (Å²) in [6.45, 7) is 27.4. The van der Waals surface area contributed by atoms with Gasteiger partial charge in [-0.3, -0.25) is 0 Å². The average Bonchev–Trinajstić information content (AvgIpc) is 3.34. The molecule has 10 aromatic carbocycles. The first-order valence-corrected chi connectivity index (χ1v) is 39.6. The lowest BCUT2D eigenvalue weighted by molar-refractivity contribution is 0.584. The molecular formula is C64H64F4N2Si4. The van der Waals surface area contributed by atoms with Gasteiger partial charge in [0.05, 0.1) is 55.0 Å². The Morgan fingerprint density at radius 3 is 1.00 bits per heavy atom. The Bertz CT molecular complexity index is 3520. The molecule has 0 saturated carbocycles. The molecule has 374 valence electrons. The van der Waals surface area contributed by atoms with E-state index in [9.17, 15) is 0 Å². The minimum absolute atomic E-state index is 0.263. The summed E-state index contributed by atoms with van der Waals surface area (Å²) in [5.74, 6) is -2.63. The maximum absolute atomic E-state index is 17.4. The summed E-state index contributed by atoms with van der Waals surface area (Å²) < 4.78 is 66.6. The smallest absolute Gasteiger partial charge is 0.150 e. The highest BCUT2D eigenvalue weighted by atomic mass is 28.3. The van der Waals surface area contributed by atoms with Crippen LogP contribution in [0, 0.1) is 23.3 Å². The molecule has 0 radical (unpaired) electrons. The Balaban J connectivity index is 1.28. The van der Waals surface area contributed by atoms with Crippen LogP contribution < -0.4 is 30.5 Å². The van der Waals surface area contributed by atoms with Gasteiger partial charge in [0, 0.05) is 45.4 Å². The van der Waals surface area contributed by atoms with E-state index in [2.05, 4.69) is 188 Å². The first-order valence-electron chi connectivity index (χ1n) is 25.6. The second-order valence-electron chi connectivity index (χ2n) is 24.0. The van der Waals surface area contributed by atoms with Crippen molar-refractivity contribution in [3.8, 4) is 22.3 Å². The number of nitrogens with zero attached hydrogens (tertiary/aromatic N) is 2. The molecule has 10 heteroatoms. The number of rotatable bonds is 12. The highest BCUT2D eigenvalue weighted by Crippen LogP contribution is 2.51. The van der Waals surface area contributed by atoms with Crippen molar-refractivity contribution in [3.63, 3.8) is 0 Å². The van der Waals surface area contributed by atoms with Gasteiger partial charge in [-0.1, -0.05) is 209 Å². The standard InChI is InChI=1S/C64H64F4N2Si4/c1-71(2,3)47-29-25-45(26-30-47)69(63-53(37-43(65)39-55(63)67)49-17-13-15-19-59(49)73(7,8)9)57-35-23-41-22-34-52-58(36-24-42-21-33-51(57)61(41)62(42)52)70(46-27-31-48(32-28-46)72(4,5)6)64-54(38-44(66)40-56(64)68)50-18-14-16-20-60(50)74(10,11)12/h13-40H,1-12H3. The SMILES string of the molecule is C[Si](C)(C)c1ccc(N(c2c(F)cc(F)cc2-c2ccccc2[Si](C)(C)C)c2ccc3ccc4c(N(c5ccc([Si](C)(C)C)cc5)c5c(F)cc(F)cc5-c5ccccc5[Si](C)(C)C)ccc5ccc2c3c54)cc1. The lowest BCUT2D eigenvalue weighted by Crippen LogP contribution is -2.39. The lowest BCUT2D eigenvalue weighted by atomic mass is 9.91. The van der Waals surface area contributed by atoms with Gasteiger partial charge in [-0.05, 0) is 81.2 Å². The quantitative estimate of drug-likeness (QED) is 0.0683. The minimum atomic E-state index is -2.05. The summed E-state index contributed by atoms with van der Waals surface area (Å²) in [5, 5.41) is 10.3. The molecular weight excluding hydrogens is 985 g/mol. The summed E-state index contributed by atoms with van der Waals surface area (Å²) in [6.07, 6.45) is 0. The highest BCUT2D eigenvalue weighted by molar-refractivity contribution is 6.90. The van der Waals surface area contributed by atoms with Crippen molar-refractivity contribution >= 4 is 119 Å². The van der Waals surface area contributed by atoms with Crippen LogP contribution in [-0.2, 0) is 0 Å². The predicted octanol–water partition coefficient (Wildman–Crippen LogP) is 17.6. The Morgan fingerprint density at radius 1 is 0.324 bits per heavy atom. The monoisotopic (exact) mass is 1050 g/mol. The van der Waals surface area contributed by atoms with Gasteiger partial charge >= 0.3 is 0 Å². The first kappa shape index (κ1) is 50.9. The summed E-state index contributed by atoms with van der Waals surface area (Å²) in [7, 11) is -7.58. The van der Waals surface area contributed by atoms with Crippen LogP contribution in [0.25, 0.3) is 54.6 Å². The molecule has 0 amide bonds. The largest absolute Gasteiger partial charge is 0.307 e. The lowest BCUT2D eigenvalue weighted by Gasteiger charge is -2.32. The fourth-order valence-electron chi connectivity index (χ4n) is 10.9. The average molecular weight is 1050 g/mol. The van der Waals surface area contributed by atoms with Crippen LogP contribution >= 0.6 is 0 Å². The zero-order valence-corrected chi connectivity index (χ0v) is 48.6. The number of anilines is 6. The van der Waals surface area contributed by atoms with Crippen molar-refractivity contribution in [1.82, 2.24) is 0 Å². The molecule has 0 fully saturated rings. The Labute approximate surface area is 438 Å². The third kappa shape index (κ3) is 9.24. The molecule has 0 aromatic heterocycles. The summed E-state index contributed by atoms with van der Waals surface area (Å²) >= 11 is 0. The fourth-order valence-corrected chi connectivity index (χ4v) is 16.5. The molecule has 0 bridgehead atoms. The van der Waals surface area contributed by atoms with E-state index < -0.39 is 55.6 Å². The van der Waals surface area contributed by atoms with Crippen LogP contribution in [0.3, 0.4) is 0 Å². The molecule has 0 N–H and O–H groups in total. The molecule has 0 atom stereocenters. The molecule has 10 aromatic rings. The molecule has 10 rings (SSSR count). The number of hydrogen-bond acceptors (Lipinski definition) is 2. The second-order valence-corrected chi connectivity index (χ2v) is 44.2. The molecule has 0 spiro atoms. The maximum Gasteiger partial charge on any atom is 0.150 e. The van der Waals surface area contributed by atoms with E-state index in [0.717, 1.165) is 88.7 Å². The maximum atomic E-state index is 17.4. The van der Waals surface area contributed by atoms with Gasteiger partial charge in [0.1, 0.15) is 11.6 Å². The third-order valence-corrected chi connectivity index (χ3v) is 22.9. The minimum Gasteiger partial charge on any atom is -0.307 e. The van der Waals surface area contributed by atoms with Gasteiger partial charge < -0.3 is 9.80 Å². The topological polar surface area (TPSA) is 6.48 Å². The van der Waals surface area contributed by atoms with Gasteiger partial charge in [0.25, 0.3) is 0 Å². The van der Waals surface area contributed by atoms with Crippen molar-refractivity contribution in [1.29, 1.82) is 0 Å². The summed E-state index contributed by atoms with van der Waals surface area (Å²) in [4.78, 5) is 3.96. The van der Waals surface area contributed by atoms with Crippen LogP contribution in [0.15, 0.2) is 170 Å². The zero-order valence-electron chi connectivity index (χ0n) is 44.6. The molecule has 0 heterocycles. The van der Waals surface area contributed by atoms with Crippen molar-refractivity contribution in [2.45, 2.75) is 78.6 Å². The van der Waals surface area contributed by atoms with Crippen molar-refractivity contribution < 1.29 is 17.6 Å². The number of halogens is 4. The van der Waals surface area contributed by atoms with Gasteiger partial charge in [-0.25, -0.2) is 17.6 Å². The molecule has 0 aliphatic heterocycles. The Hall–Kier alpha value is -6.57. The molecule has 2 nitrogen and oxygen atoms in total. The van der Waals surface area contributed by atoms with Crippen molar-refractivity contribution in [2.75, 3.05) is 9.80 Å². The van der Waals surface area contributed by atoms with Crippen LogP contribution in [0.5, 0.6) is 0 Å². The van der Waals surface area contributed by atoms with E-state index in [1.54, 1.807) is 0 Å². The first-order chi connectivity index (χ1) is 34.9. The number of hydrogen-bond donors (Lipinski definition) is 0. The van der Waals surface area contributed by atoms with E-state index in [1.807, 2.05) is 46.2 Å². The molecule has 0 saturated heterocycles.